The first-order valence-electron chi connectivity index (χ1n) is 7.52. The second-order valence-electron chi connectivity index (χ2n) is 5.44. The fourth-order valence-electron chi connectivity index (χ4n) is 2.17. The standard InChI is InChI=1S/C18H18N2O5S/c1-12-3-9-16(25-2)14(11-12)6-10-17(21)20-26(23,24)15-7-4-13(5-8-15)18(19)22/h3-11H,1-2H3,(H2,19,22)(H,20,21). The third-order valence-corrected chi connectivity index (χ3v) is 4.85. The van der Waals surface area contributed by atoms with Crippen LogP contribution < -0.4 is 15.2 Å². The van der Waals surface area contributed by atoms with Gasteiger partial charge in [-0.15, -0.1) is 0 Å². The number of nitrogens with one attached hydrogen (secondary N) is 1. The van der Waals surface area contributed by atoms with Gasteiger partial charge in [0.25, 0.3) is 15.9 Å². The number of primary amides is 1. The monoisotopic (exact) mass is 374 g/mol. The van der Waals surface area contributed by atoms with Crippen molar-refractivity contribution >= 4 is 27.9 Å². The minimum atomic E-state index is -4.06. The number of hydrogen-bond acceptors (Lipinski definition) is 5. The smallest absolute Gasteiger partial charge is 0.264 e. The Hall–Kier alpha value is -3.13. The Labute approximate surface area is 151 Å². The molecular weight excluding hydrogens is 356 g/mol. The second-order valence-corrected chi connectivity index (χ2v) is 7.12. The van der Waals surface area contributed by atoms with Crippen LogP contribution in [0.3, 0.4) is 0 Å². The number of methoxy groups -OCH3 is 1. The van der Waals surface area contributed by atoms with Gasteiger partial charge >= 0.3 is 0 Å². The molecule has 0 aromatic heterocycles. The van der Waals surface area contributed by atoms with E-state index in [-0.39, 0.29) is 10.5 Å². The van der Waals surface area contributed by atoms with E-state index in [4.69, 9.17) is 10.5 Å². The minimum Gasteiger partial charge on any atom is -0.496 e. The number of ether oxygens (including phenoxy) is 1. The molecule has 26 heavy (non-hydrogen) atoms. The van der Waals surface area contributed by atoms with Gasteiger partial charge in [-0.3, -0.25) is 9.59 Å². The summed E-state index contributed by atoms with van der Waals surface area (Å²) in [4.78, 5) is 22.8. The highest BCUT2D eigenvalue weighted by Gasteiger charge is 2.16. The maximum atomic E-state index is 12.2. The quantitative estimate of drug-likeness (QED) is 0.746. The number of carbonyl (C=O) groups is 2. The molecule has 0 saturated heterocycles. The summed E-state index contributed by atoms with van der Waals surface area (Å²) >= 11 is 0. The molecular formula is C18H18N2O5S. The molecule has 0 unspecified atom stereocenters. The molecule has 0 heterocycles. The van der Waals surface area contributed by atoms with Crippen molar-refractivity contribution in [3.8, 4) is 5.75 Å². The van der Waals surface area contributed by atoms with Crippen LogP contribution in [0.1, 0.15) is 21.5 Å². The zero-order valence-corrected chi connectivity index (χ0v) is 15.0. The van der Waals surface area contributed by atoms with E-state index in [1.54, 1.807) is 12.1 Å². The van der Waals surface area contributed by atoms with E-state index in [1.165, 1.54) is 37.5 Å². The Balaban J connectivity index is 2.16. The third kappa shape index (κ3) is 4.70. The molecule has 0 fully saturated rings. The van der Waals surface area contributed by atoms with Crippen molar-refractivity contribution in [1.82, 2.24) is 4.72 Å². The Morgan fingerprint density at radius 3 is 2.35 bits per heavy atom. The van der Waals surface area contributed by atoms with Crippen molar-refractivity contribution in [2.75, 3.05) is 7.11 Å². The number of benzene rings is 2. The van der Waals surface area contributed by atoms with Crippen molar-refractivity contribution in [3.05, 3.63) is 65.2 Å². The molecule has 0 aliphatic heterocycles. The highest BCUT2D eigenvalue weighted by molar-refractivity contribution is 7.90. The van der Waals surface area contributed by atoms with Crippen molar-refractivity contribution in [3.63, 3.8) is 0 Å². The maximum absolute atomic E-state index is 12.2. The Kier molecular flexibility index (Phi) is 5.78. The first-order valence-corrected chi connectivity index (χ1v) is 9.00. The lowest BCUT2D eigenvalue weighted by Crippen LogP contribution is -2.29. The number of nitrogens with two attached hydrogens (primary N) is 1. The third-order valence-electron chi connectivity index (χ3n) is 3.48. The molecule has 0 aliphatic rings. The summed E-state index contributed by atoms with van der Waals surface area (Å²) < 4.78 is 31.5. The minimum absolute atomic E-state index is 0.155. The lowest BCUT2D eigenvalue weighted by atomic mass is 10.1. The second kappa shape index (κ2) is 7.83. The molecule has 7 nitrogen and oxygen atoms in total. The van der Waals surface area contributed by atoms with E-state index in [0.29, 0.717) is 11.3 Å². The van der Waals surface area contributed by atoms with Gasteiger partial charge < -0.3 is 10.5 Å². The highest BCUT2D eigenvalue weighted by atomic mass is 32.2. The van der Waals surface area contributed by atoms with Crippen LogP contribution >= 0.6 is 0 Å². The SMILES string of the molecule is COc1ccc(C)cc1C=CC(=O)NS(=O)(=O)c1ccc(C(N)=O)cc1. The van der Waals surface area contributed by atoms with Gasteiger partial charge in [0.1, 0.15) is 5.75 Å². The molecule has 2 amide bonds. The van der Waals surface area contributed by atoms with Gasteiger partial charge in [0, 0.05) is 17.2 Å². The molecule has 0 aliphatic carbocycles. The number of aryl methyl sites for hydroxylation is 1. The number of amides is 2. The lowest BCUT2D eigenvalue weighted by Gasteiger charge is -2.07. The largest absolute Gasteiger partial charge is 0.496 e. The number of sulfonamides is 1. The molecule has 0 spiro atoms. The van der Waals surface area contributed by atoms with Gasteiger partial charge in [0.2, 0.25) is 5.91 Å². The molecule has 136 valence electrons. The first-order chi connectivity index (χ1) is 12.2. The van der Waals surface area contributed by atoms with Crippen molar-refractivity contribution in [1.29, 1.82) is 0 Å². The van der Waals surface area contributed by atoms with Gasteiger partial charge in [-0.1, -0.05) is 11.6 Å². The van der Waals surface area contributed by atoms with E-state index in [1.807, 2.05) is 17.7 Å². The molecule has 2 rings (SSSR count). The lowest BCUT2D eigenvalue weighted by molar-refractivity contribution is -0.114. The zero-order valence-electron chi connectivity index (χ0n) is 14.2. The highest BCUT2D eigenvalue weighted by Crippen LogP contribution is 2.21. The molecule has 2 aromatic carbocycles. The van der Waals surface area contributed by atoms with E-state index in [2.05, 4.69) is 0 Å². The summed E-state index contributed by atoms with van der Waals surface area (Å²) in [6.45, 7) is 1.89. The zero-order chi connectivity index (χ0) is 19.3. The number of rotatable bonds is 6. The normalized spacial score (nSPS) is 11.3. The summed E-state index contributed by atoms with van der Waals surface area (Å²) in [6, 6.07) is 10.4. The van der Waals surface area contributed by atoms with E-state index in [9.17, 15) is 18.0 Å². The topological polar surface area (TPSA) is 116 Å². The fraction of sp³-hybridized carbons (Fsp3) is 0.111. The van der Waals surface area contributed by atoms with Crippen LogP contribution in [0.5, 0.6) is 5.75 Å². The predicted octanol–water partition coefficient (Wildman–Crippen LogP) is 1.62. The summed E-state index contributed by atoms with van der Waals surface area (Å²) in [7, 11) is -2.56. The molecule has 0 saturated carbocycles. The van der Waals surface area contributed by atoms with Gasteiger partial charge in [-0.05, 0) is 49.4 Å². The molecule has 2 aromatic rings. The summed E-state index contributed by atoms with van der Waals surface area (Å²) in [6.07, 6.45) is 2.57. The van der Waals surface area contributed by atoms with Crippen molar-refractivity contribution < 1.29 is 22.7 Å². The summed E-state index contributed by atoms with van der Waals surface area (Å²) in [5.41, 5.74) is 6.88. The fourth-order valence-corrected chi connectivity index (χ4v) is 3.12. The summed E-state index contributed by atoms with van der Waals surface area (Å²) in [5, 5.41) is 0. The van der Waals surface area contributed by atoms with Gasteiger partial charge in [0.05, 0.1) is 12.0 Å². The van der Waals surface area contributed by atoms with Gasteiger partial charge in [0.15, 0.2) is 0 Å². The first kappa shape index (κ1) is 19.2. The van der Waals surface area contributed by atoms with Crippen molar-refractivity contribution in [2.24, 2.45) is 5.73 Å². The van der Waals surface area contributed by atoms with Crippen LogP contribution in [0.15, 0.2) is 53.4 Å². The average Bonchev–Trinajstić information content (AvgIpc) is 2.59. The maximum Gasteiger partial charge on any atom is 0.264 e. The Morgan fingerprint density at radius 2 is 1.77 bits per heavy atom. The molecule has 0 atom stereocenters. The molecule has 8 heteroatoms. The number of carbonyl (C=O) groups excluding carboxylic acids is 2. The molecule has 3 N–H and O–H groups in total. The van der Waals surface area contributed by atoms with Gasteiger partial charge in [-0.25, -0.2) is 13.1 Å². The van der Waals surface area contributed by atoms with Crippen molar-refractivity contribution in [2.45, 2.75) is 11.8 Å². The van der Waals surface area contributed by atoms with E-state index >= 15 is 0 Å². The van der Waals surface area contributed by atoms with Crippen LogP contribution in [-0.4, -0.2) is 27.3 Å². The predicted molar refractivity (Wildman–Crippen MR) is 97.1 cm³/mol. The van der Waals surface area contributed by atoms with E-state index in [0.717, 1.165) is 11.6 Å². The van der Waals surface area contributed by atoms with Gasteiger partial charge in [-0.2, -0.15) is 0 Å². The van der Waals surface area contributed by atoms with Crippen LogP contribution in [-0.2, 0) is 14.8 Å². The Bertz CT molecular complexity index is 964. The molecule has 0 radical (unpaired) electrons. The summed E-state index contributed by atoms with van der Waals surface area (Å²) in [5.74, 6) is -0.926. The average molecular weight is 374 g/mol. The Morgan fingerprint density at radius 1 is 1.12 bits per heavy atom. The molecule has 0 bridgehead atoms. The number of hydrogen-bond donors (Lipinski definition) is 2. The van der Waals surface area contributed by atoms with Crippen LogP contribution in [0.4, 0.5) is 0 Å². The van der Waals surface area contributed by atoms with E-state index < -0.39 is 21.8 Å². The van der Waals surface area contributed by atoms with Crippen LogP contribution in [0.2, 0.25) is 0 Å². The van der Waals surface area contributed by atoms with Crippen LogP contribution in [0.25, 0.3) is 6.08 Å². The van der Waals surface area contributed by atoms with Crippen LogP contribution in [0, 0.1) is 6.92 Å².